The van der Waals surface area contributed by atoms with Crippen LogP contribution in [0.4, 0.5) is 0 Å². The molecule has 1 N–H and O–H groups in total. The van der Waals surface area contributed by atoms with Crippen LogP contribution in [-0.2, 0) is 4.43 Å². The van der Waals surface area contributed by atoms with Gasteiger partial charge < -0.3 is 14.1 Å². The number of carboxylic acid groups (broad SMARTS) is 1. The molecule has 0 saturated heterocycles. The summed E-state index contributed by atoms with van der Waals surface area (Å²) >= 11 is 0. The summed E-state index contributed by atoms with van der Waals surface area (Å²) < 4.78 is 11.6. The van der Waals surface area contributed by atoms with Gasteiger partial charge in [0.05, 0.1) is 0 Å². The number of aromatic nitrogens is 2. The number of carbonyl (C=O) groups is 1. The zero-order valence-corrected chi connectivity index (χ0v) is 17.4. The van der Waals surface area contributed by atoms with Crippen molar-refractivity contribution in [1.82, 2.24) is 10.1 Å². The van der Waals surface area contributed by atoms with Crippen molar-refractivity contribution in [3.63, 3.8) is 0 Å². The Labute approximate surface area is 165 Å². The SMILES string of the molecule is CC(O[Si](c1ccccc1)(c1ccccc1)C(C)(C)C)c1noc(C(=O)O)n1. The van der Waals surface area contributed by atoms with Gasteiger partial charge in [-0.15, -0.1) is 0 Å². The van der Waals surface area contributed by atoms with Crippen molar-refractivity contribution < 1.29 is 18.9 Å². The molecule has 0 fully saturated rings. The lowest BCUT2D eigenvalue weighted by Crippen LogP contribution is -2.66. The molecule has 0 aliphatic rings. The van der Waals surface area contributed by atoms with E-state index in [1.165, 1.54) is 0 Å². The van der Waals surface area contributed by atoms with Crippen LogP contribution >= 0.6 is 0 Å². The first-order valence-corrected chi connectivity index (χ1v) is 11.0. The van der Waals surface area contributed by atoms with E-state index in [0.29, 0.717) is 0 Å². The van der Waals surface area contributed by atoms with Gasteiger partial charge >= 0.3 is 11.9 Å². The van der Waals surface area contributed by atoms with E-state index >= 15 is 0 Å². The van der Waals surface area contributed by atoms with E-state index in [2.05, 4.69) is 55.2 Å². The maximum Gasteiger partial charge on any atom is 0.394 e. The van der Waals surface area contributed by atoms with Crippen molar-refractivity contribution >= 4 is 24.7 Å². The minimum atomic E-state index is -2.78. The molecule has 1 atom stereocenters. The number of benzene rings is 2. The molecule has 0 aliphatic heterocycles. The fourth-order valence-electron chi connectivity index (χ4n) is 3.50. The summed E-state index contributed by atoms with van der Waals surface area (Å²) in [7, 11) is -2.78. The van der Waals surface area contributed by atoms with E-state index in [0.717, 1.165) is 10.4 Å². The van der Waals surface area contributed by atoms with Crippen LogP contribution in [0.3, 0.4) is 0 Å². The van der Waals surface area contributed by atoms with E-state index in [9.17, 15) is 4.79 Å². The number of hydrogen-bond donors (Lipinski definition) is 1. The topological polar surface area (TPSA) is 85.5 Å². The summed E-state index contributed by atoms with van der Waals surface area (Å²) in [6.07, 6.45) is -0.539. The van der Waals surface area contributed by atoms with Crippen molar-refractivity contribution in [3.05, 3.63) is 72.4 Å². The summed E-state index contributed by atoms with van der Waals surface area (Å²) in [5.74, 6) is -1.46. The first-order chi connectivity index (χ1) is 13.3. The molecule has 7 heteroatoms. The predicted octanol–water partition coefficient (Wildman–Crippen LogP) is 3.41. The summed E-state index contributed by atoms with van der Waals surface area (Å²) in [5.41, 5.74) is 0. The third kappa shape index (κ3) is 3.63. The Morgan fingerprint density at radius 3 is 1.93 bits per heavy atom. The maximum atomic E-state index is 11.1. The Kier molecular flexibility index (Phi) is 5.49. The van der Waals surface area contributed by atoms with Gasteiger partial charge in [-0.3, -0.25) is 0 Å². The lowest BCUT2D eigenvalue weighted by Gasteiger charge is -2.44. The summed E-state index contributed by atoms with van der Waals surface area (Å²) in [4.78, 5) is 15.1. The van der Waals surface area contributed by atoms with Crippen LogP contribution in [0, 0.1) is 0 Å². The van der Waals surface area contributed by atoms with Gasteiger partial charge in [-0.1, -0.05) is 86.6 Å². The summed E-state index contributed by atoms with van der Waals surface area (Å²) in [5, 5.41) is 14.9. The van der Waals surface area contributed by atoms with Gasteiger partial charge in [0, 0.05) is 0 Å². The Balaban J connectivity index is 2.14. The second kappa shape index (κ2) is 7.69. The van der Waals surface area contributed by atoms with Gasteiger partial charge in [0.25, 0.3) is 8.32 Å². The van der Waals surface area contributed by atoms with Gasteiger partial charge in [0.2, 0.25) is 0 Å². The molecule has 0 aliphatic carbocycles. The highest BCUT2D eigenvalue weighted by molar-refractivity contribution is 6.99. The quantitative estimate of drug-likeness (QED) is 0.643. The molecule has 0 bridgehead atoms. The monoisotopic (exact) mass is 396 g/mol. The lowest BCUT2D eigenvalue weighted by atomic mass is 10.2. The smallest absolute Gasteiger partial charge is 0.394 e. The van der Waals surface area contributed by atoms with Crippen molar-refractivity contribution in [2.24, 2.45) is 0 Å². The average molecular weight is 397 g/mol. The molecule has 0 saturated carbocycles. The number of rotatable bonds is 6. The molecule has 1 aromatic heterocycles. The van der Waals surface area contributed by atoms with Crippen LogP contribution < -0.4 is 10.4 Å². The Bertz CT molecular complexity index is 896. The highest BCUT2D eigenvalue weighted by Crippen LogP contribution is 2.39. The van der Waals surface area contributed by atoms with Crippen LogP contribution in [-0.4, -0.2) is 29.5 Å². The first kappa shape index (κ1) is 20.0. The van der Waals surface area contributed by atoms with E-state index in [1.807, 2.05) is 43.3 Å². The second-order valence-electron chi connectivity index (χ2n) is 7.69. The molecular weight excluding hydrogens is 372 g/mol. The fraction of sp³-hybridized carbons (Fsp3) is 0.286. The zero-order valence-electron chi connectivity index (χ0n) is 16.4. The van der Waals surface area contributed by atoms with E-state index in [-0.39, 0.29) is 10.9 Å². The molecule has 3 rings (SSSR count). The molecule has 0 amide bonds. The Morgan fingerprint density at radius 2 is 1.54 bits per heavy atom. The number of carboxylic acids is 1. The first-order valence-electron chi connectivity index (χ1n) is 9.11. The molecule has 3 aromatic rings. The van der Waals surface area contributed by atoms with Crippen molar-refractivity contribution in [2.45, 2.75) is 38.8 Å². The zero-order chi connectivity index (χ0) is 20.4. The molecule has 28 heavy (non-hydrogen) atoms. The van der Waals surface area contributed by atoms with Gasteiger partial charge in [-0.2, -0.15) is 4.98 Å². The van der Waals surface area contributed by atoms with Crippen molar-refractivity contribution in [2.75, 3.05) is 0 Å². The van der Waals surface area contributed by atoms with Gasteiger partial charge in [0.1, 0.15) is 6.10 Å². The van der Waals surface area contributed by atoms with Crippen LogP contribution in [0.2, 0.25) is 5.04 Å². The van der Waals surface area contributed by atoms with Crippen LogP contribution in [0.5, 0.6) is 0 Å². The minimum Gasteiger partial charge on any atom is -0.474 e. The molecule has 6 nitrogen and oxygen atoms in total. The molecule has 2 aromatic carbocycles. The molecular formula is C21H24N2O4Si. The van der Waals surface area contributed by atoms with Crippen molar-refractivity contribution in [1.29, 1.82) is 0 Å². The fourth-order valence-corrected chi connectivity index (χ4v) is 8.15. The van der Waals surface area contributed by atoms with E-state index in [1.54, 1.807) is 0 Å². The van der Waals surface area contributed by atoms with E-state index in [4.69, 9.17) is 14.1 Å². The second-order valence-corrected chi connectivity index (χ2v) is 11.9. The average Bonchev–Trinajstić information content (AvgIpc) is 3.17. The van der Waals surface area contributed by atoms with Gasteiger partial charge in [-0.05, 0) is 22.3 Å². The molecule has 0 radical (unpaired) electrons. The van der Waals surface area contributed by atoms with Crippen molar-refractivity contribution in [3.8, 4) is 0 Å². The minimum absolute atomic E-state index is 0.205. The maximum absolute atomic E-state index is 11.1. The molecule has 146 valence electrons. The largest absolute Gasteiger partial charge is 0.474 e. The lowest BCUT2D eigenvalue weighted by molar-refractivity contribution is 0.0643. The Morgan fingerprint density at radius 1 is 1.04 bits per heavy atom. The number of hydrogen-bond acceptors (Lipinski definition) is 5. The summed E-state index contributed by atoms with van der Waals surface area (Å²) in [6, 6.07) is 20.4. The standard InChI is InChI=1S/C21H24N2O4Si/c1-15(18-22-19(20(24)25)26-23-18)27-28(21(2,3)4,16-11-7-5-8-12-16)17-13-9-6-10-14-17/h5-15H,1-4H3,(H,24,25). The van der Waals surface area contributed by atoms with Crippen LogP contribution in [0.25, 0.3) is 0 Å². The molecule has 0 spiro atoms. The number of aromatic carboxylic acids is 1. The van der Waals surface area contributed by atoms with Gasteiger partial charge in [-0.25, -0.2) is 4.79 Å². The highest BCUT2D eigenvalue weighted by Gasteiger charge is 2.51. The molecule has 1 heterocycles. The summed E-state index contributed by atoms with van der Waals surface area (Å²) in [6.45, 7) is 8.34. The third-order valence-electron chi connectivity index (χ3n) is 4.76. The normalized spacial score (nSPS) is 13.3. The molecule has 1 unspecified atom stereocenters. The Hall–Kier alpha value is -2.77. The highest BCUT2D eigenvalue weighted by atomic mass is 28.4. The van der Waals surface area contributed by atoms with Crippen LogP contribution in [0.1, 0.15) is 50.3 Å². The third-order valence-corrected chi connectivity index (χ3v) is 9.87. The van der Waals surface area contributed by atoms with Gasteiger partial charge in [0.15, 0.2) is 5.82 Å². The van der Waals surface area contributed by atoms with Crippen LogP contribution in [0.15, 0.2) is 65.2 Å². The van der Waals surface area contributed by atoms with E-state index < -0.39 is 26.3 Å². The predicted molar refractivity (Wildman–Crippen MR) is 108 cm³/mol. The number of nitrogens with zero attached hydrogens (tertiary/aromatic N) is 2.